The Bertz CT molecular complexity index is 664. The zero-order valence-electron chi connectivity index (χ0n) is 13.2. The lowest BCUT2D eigenvalue weighted by Gasteiger charge is -2.12. The summed E-state index contributed by atoms with van der Waals surface area (Å²) >= 11 is 2.65. The van der Waals surface area contributed by atoms with Gasteiger partial charge >= 0.3 is 5.97 Å². The number of carbonyl (C=O) groups excluding carboxylic acids is 1. The Balaban J connectivity index is 2.45. The SMILES string of the molecule is Cc1cnc(-c2nc(C(=O)OC(C)C)c(C(F)C(C)C)s2)s1. The van der Waals surface area contributed by atoms with Gasteiger partial charge in [0.25, 0.3) is 0 Å². The van der Waals surface area contributed by atoms with Gasteiger partial charge in [-0.3, -0.25) is 0 Å². The van der Waals surface area contributed by atoms with Crippen molar-refractivity contribution in [3.63, 3.8) is 0 Å². The first-order valence-electron chi connectivity index (χ1n) is 7.08. The highest BCUT2D eigenvalue weighted by Gasteiger charge is 2.29. The lowest BCUT2D eigenvalue weighted by atomic mass is 10.1. The van der Waals surface area contributed by atoms with Crippen LogP contribution in [0.15, 0.2) is 6.20 Å². The summed E-state index contributed by atoms with van der Waals surface area (Å²) < 4.78 is 19.7. The fourth-order valence-corrected chi connectivity index (χ4v) is 3.78. The van der Waals surface area contributed by atoms with Crippen LogP contribution in [0.1, 0.15) is 54.1 Å². The Morgan fingerprint density at radius 2 is 1.91 bits per heavy atom. The van der Waals surface area contributed by atoms with E-state index in [-0.39, 0.29) is 17.7 Å². The molecule has 0 N–H and O–H groups in total. The van der Waals surface area contributed by atoms with E-state index >= 15 is 0 Å². The maximum Gasteiger partial charge on any atom is 0.358 e. The molecule has 1 unspecified atom stereocenters. The Hall–Kier alpha value is -1.34. The molecule has 0 saturated heterocycles. The van der Waals surface area contributed by atoms with E-state index in [4.69, 9.17) is 4.74 Å². The summed E-state index contributed by atoms with van der Waals surface area (Å²) in [4.78, 5) is 22.1. The molecule has 0 aliphatic heterocycles. The third kappa shape index (κ3) is 3.70. The molecule has 2 rings (SSSR count). The third-order valence-corrected chi connectivity index (χ3v) is 4.99. The standard InChI is InChI=1S/C15H19FN2O2S2/c1-7(2)10(16)12-11(15(19)20-8(3)4)18-14(22-12)13-17-6-9(5)21-13/h6-8,10H,1-5H3. The van der Waals surface area contributed by atoms with Gasteiger partial charge in [-0.2, -0.15) is 0 Å². The van der Waals surface area contributed by atoms with Gasteiger partial charge in [0.05, 0.1) is 11.0 Å². The van der Waals surface area contributed by atoms with Crippen LogP contribution in [0.4, 0.5) is 4.39 Å². The Morgan fingerprint density at radius 3 is 2.41 bits per heavy atom. The lowest BCUT2D eigenvalue weighted by molar-refractivity contribution is 0.0367. The number of aromatic nitrogens is 2. The van der Waals surface area contributed by atoms with Crippen LogP contribution in [-0.2, 0) is 4.74 Å². The first-order valence-corrected chi connectivity index (χ1v) is 8.71. The van der Waals surface area contributed by atoms with Crippen molar-refractivity contribution >= 4 is 28.6 Å². The average molecular weight is 342 g/mol. The van der Waals surface area contributed by atoms with Crippen molar-refractivity contribution < 1.29 is 13.9 Å². The van der Waals surface area contributed by atoms with Gasteiger partial charge in [0.1, 0.15) is 6.17 Å². The van der Waals surface area contributed by atoms with Crippen molar-refractivity contribution in [3.05, 3.63) is 21.6 Å². The maximum atomic E-state index is 14.5. The molecule has 0 spiro atoms. The molecular weight excluding hydrogens is 323 g/mol. The number of hydrogen-bond acceptors (Lipinski definition) is 6. The summed E-state index contributed by atoms with van der Waals surface area (Å²) in [6, 6.07) is 0. The second-order valence-corrected chi connectivity index (χ2v) is 7.87. The van der Waals surface area contributed by atoms with Crippen LogP contribution in [0, 0.1) is 12.8 Å². The van der Waals surface area contributed by atoms with Crippen molar-refractivity contribution in [3.8, 4) is 10.0 Å². The molecule has 22 heavy (non-hydrogen) atoms. The van der Waals surface area contributed by atoms with E-state index in [0.717, 1.165) is 4.88 Å². The molecule has 4 nitrogen and oxygen atoms in total. The van der Waals surface area contributed by atoms with E-state index in [1.165, 1.54) is 22.7 Å². The molecule has 2 aromatic rings. The number of halogens is 1. The second-order valence-electron chi connectivity index (χ2n) is 5.61. The van der Waals surface area contributed by atoms with Crippen LogP contribution < -0.4 is 0 Å². The zero-order chi connectivity index (χ0) is 16.4. The van der Waals surface area contributed by atoms with Crippen LogP contribution in [0.2, 0.25) is 0 Å². The minimum atomic E-state index is -1.25. The number of aryl methyl sites for hydroxylation is 1. The zero-order valence-corrected chi connectivity index (χ0v) is 14.8. The molecule has 120 valence electrons. The molecule has 0 aliphatic rings. The lowest BCUT2D eigenvalue weighted by Crippen LogP contribution is -2.15. The van der Waals surface area contributed by atoms with Gasteiger partial charge < -0.3 is 4.74 Å². The Morgan fingerprint density at radius 1 is 1.23 bits per heavy atom. The van der Waals surface area contributed by atoms with Crippen molar-refractivity contribution in [2.45, 2.75) is 46.9 Å². The van der Waals surface area contributed by atoms with E-state index in [1.807, 2.05) is 6.92 Å². The monoisotopic (exact) mass is 342 g/mol. The topological polar surface area (TPSA) is 52.1 Å². The van der Waals surface area contributed by atoms with E-state index in [0.29, 0.717) is 14.9 Å². The van der Waals surface area contributed by atoms with E-state index < -0.39 is 12.1 Å². The number of hydrogen-bond donors (Lipinski definition) is 0. The van der Waals surface area contributed by atoms with Crippen molar-refractivity contribution in [2.75, 3.05) is 0 Å². The number of alkyl halides is 1. The first-order chi connectivity index (χ1) is 10.3. The van der Waals surface area contributed by atoms with E-state index in [1.54, 1.807) is 33.9 Å². The molecule has 1 atom stereocenters. The number of thiazole rings is 2. The number of nitrogens with zero attached hydrogens (tertiary/aromatic N) is 2. The number of esters is 1. The van der Waals surface area contributed by atoms with Gasteiger partial charge in [-0.15, -0.1) is 22.7 Å². The molecule has 2 heterocycles. The van der Waals surface area contributed by atoms with Crippen molar-refractivity contribution in [1.29, 1.82) is 0 Å². The molecule has 2 aromatic heterocycles. The van der Waals surface area contributed by atoms with Crippen LogP contribution in [0.25, 0.3) is 10.0 Å². The molecule has 0 amide bonds. The summed E-state index contributed by atoms with van der Waals surface area (Å²) in [5.74, 6) is -0.819. The highest BCUT2D eigenvalue weighted by atomic mass is 32.1. The fourth-order valence-electron chi connectivity index (χ4n) is 1.78. The molecule has 0 fully saturated rings. The molecule has 0 aromatic carbocycles. The van der Waals surface area contributed by atoms with Crippen LogP contribution in [0.5, 0.6) is 0 Å². The van der Waals surface area contributed by atoms with Gasteiger partial charge in [0.2, 0.25) is 0 Å². The summed E-state index contributed by atoms with van der Waals surface area (Å²) in [6.45, 7) is 8.99. The summed E-state index contributed by atoms with van der Waals surface area (Å²) in [6.07, 6.45) is 0.217. The average Bonchev–Trinajstić information content (AvgIpc) is 3.02. The van der Waals surface area contributed by atoms with Crippen molar-refractivity contribution in [2.24, 2.45) is 5.92 Å². The molecule has 0 bridgehead atoms. The molecular formula is C15H19FN2O2S2. The fraction of sp³-hybridized carbons (Fsp3) is 0.533. The normalized spacial score (nSPS) is 12.9. The highest BCUT2D eigenvalue weighted by molar-refractivity contribution is 7.21. The second kappa shape index (κ2) is 6.83. The minimum Gasteiger partial charge on any atom is -0.458 e. The van der Waals surface area contributed by atoms with Gasteiger partial charge in [0, 0.05) is 11.1 Å². The van der Waals surface area contributed by atoms with Gasteiger partial charge in [-0.1, -0.05) is 13.8 Å². The van der Waals surface area contributed by atoms with Gasteiger partial charge in [-0.25, -0.2) is 19.2 Å². The number of ether oxygens (including phenoxy) is 1. The predicted octanol–water partition coefficient (Wildman–Crippen LogP) is 4.81. The van der Waals surface area contributed by atoms with E-state index in [9.17, 15) is 9.18 Å². The highest BCUT2D eigenvalue weighted by Crippen LogP contribution is 2.38. The predicted molar refractivity (Wildman–Crippen MR) is 87.2 cm³/mol. The minimum absolute atomic E-state index is 0.0720. The molecule has 0 saturated carbocycles. The van der Waals surface area contributed by atoms with Crippen LogP contribution >= 0.6 is 22.7 Å². The van der Waals surface area contributed by atoms with E-state index in [2.05, 4.69) is 9.97 Å². The smallest absolute Gasteiger partial charge is 0.358 e. The van der Waals surface area contributed by atoms with Crippen molar-refractivity contribution in [1.82, 2.24) is 9.97 Å². The molecule has 0 radical (unpaired) electrons. The number of rotatable bonds is 5. The number of carbonyl (C=O) groups is 1. The Kier molecular flexibility index (Phi) is 5.28. The summed E-state index contributed by atoms with van der Waals surface area (Å²) in [7, 11) is 0. The third-order valence-electron chi connectivity index (χ3n) is 2.83. The molecule has 7 heteroatoms. The van der Waals surface area contributed by atoms with Crippen LogP contribution in [-0.4, -0.2) is 22.0 Å². The first kappa shape index (κ1) is 17.0. The van der Waals surface area contributed by atoms with Gasteiger partial charge in [0.15, 0.2) is 15.7 Å². The Labute approximate surface area is 137 Å². The summed E-state index contributed by atoms with van der Waals surface area (Å²) in [5, 5.41) is 1.26. The largest absolute Gasteiger partial charge is 0.458 e. The molecule has 0 aliphatic carbocycles. The maximum absolute atomic E-state index is 14.5. The summed E-state index contributed by atoms with van der Waals surface area (Å²) in [5.41, 5.74) is 0.0720. The quantitative estimate of drug-likeness (QED) is 0.732. The van der Waals surface area contributed by atoms with Crippen LogP contribution in [0.3, 0.4) is 0 Å². The van der Waals surface area contributed by atoms with Gasteiger partial charge in [-0.05, 0) is 26.7 Å².